The lowest BCUT2D eigenvalue weighted by Gasteiger charge is -2.14. The molecule has 0 spiro atoms. The first-order valence-electron chi connectivity index (χ1n) is 10.2. The molecule has 1 aromatic heterocycles. The normalized spacial score (nSPS) is 12.8. The van der Waals surface area contributed by atoms with Crippen LogP contribution in [0.2, 0.25) is 0 Å². The van der Waals surface area contributed by atoms with Gasteiger partial charge >= 0.3 is 11.8 Å². The first-order chi connectivity index (χ1) is 15.2. The molecule has 154 valence electrons. The highest BCUT2D eigenvalue weighted by Gasteiger charge is 2.28. The zero-order valence-electron chi connectivity index (χ0n) is 16.7. The largest absolute Gasteiger partial charge is 0.449 e. The molecule has 5 rings (SSSR count). The van der Waals surface area contributed by atoms with Gasteiger partial charge in [0, 0.05) is 12.5 Å². The van der Waals surface area contributed by atoms with Gasteiger partial charge in [-0.1, -0.05) is 66.7 Å². The maximum atomic E-state index is 12.2. The van der Waals surface area contributed by atoms with E-state index in [-0.39, 0.29) is 11.6 Å². The van der Waals surface area contributed by atoms with Gasteiger partial charge in [-0.25, -0.2) is 9.59 Å². The van der Waals surface area contributed by atoms with Crippen molar-refractivity contribution < 1.29 is 9.53 Å². The highest BCUT2D eigenvalue weighted by atomic mass is 16.5. The Morgan fingerprint density at radius 1 is 0.935 bits per heavy atom. The smallest absolute Gasteiger partial charge is 0.407 e. The molecule has 1 amide bonds. The maximum Gasteiger partial charge on any atom is 0.407 e. The van der Waals surface area contributed by atoms with E-state index in [1.54, 1.807) is 0 Å². The number of aromatic nitrogens is 2. The number of ether oxygens (including phenoxy) is 1. The number of aromatic amines is 2. The molecule has 1 heterocycles. The second kappa shape index (κ2) is 7.99. The summed E-state index contributed by atoms with van der Waals surface area (Å²) in [5.74, 6) is 0.0453. The van der Waals surface area contributed by atoms with Crippen molar-refractivity contribution >= 4 is 23.2 Å². The van der Waals surface area contributed by atoms with E-state index in [9.17, 15) is 9.59 Å². The van der Waals surface area contributed by atoms with Crippen LogP contribution in [0.4, 0.5) is 4.79 Å². The van der Waals surface area contributed by atoms with Gasteiger partial charge < -0.3 is 20.0 Å². The van der Waals surface area contributed by atoms with E-state index >= 15 is 0 Å². The Morgan fingerprint density at radius 2 is 1.61 bits per heavy atom. The first-order valence-corrected chi connectivity index (χ1v) is 10.2. The third kappa shape index (κ3) is 3.75. The minimum atomic E-state index is -0.447. The Balaban J connectivity index is 1.18. The van der Waals surface area contributed by atoms with E-state index in [1.807, 2.05) is 54.6 Å². The van der Waals surface area contributed by atoms with Gasteiger partial charge in [-0.15, -0.1) is 0 Å². The molecule has 0 fully saturated rings. The van der Waals surface area contributed by atoms with Gasteiger partial charge in [0.15, 0.2) is 0 Å². The zero-order valence-corrected chi connectivity index (χ0v) is 16.7. The van der Waals surface area contributed by atoms with Crippen molar-refractivity contribution in [2.24, 2.45) is 0 Å². The van der Waals surface area contributed by atoms with Crippen molar-refractivity contribution in [3.8, 4) is 11.1 Å². The summed E-state index contributed by atoms with van der Waals surface area (Å²) in [6, 6.07) is 22.1. The van der Waals surface area contributed by atoms with Crippen LogP contribution in [0.5, 0.6) is 0 Å². The standard InChI is InChI=1S/C25H21N3O3/c29-24-27-22-12-11-16(14-23(22)28-24)6-5-13-26-25(30)31-15-21-19-9-3-1-7-17(19)18-8-2-4-10-20(18)21/h1-12,14,21H,13,15H2,(H,26,30)(H2,27,28,29). The lowest BCUT2D eigenvalue weighted by atomic mass is 9.98. The number of hydrogen-bond acceptors (Lipinski definition) is 3. The summed E-state index contributed by atoms with van der Waals surface area (Å²) in [4.78, 5) is 29.0. The Hall–Kier alpha value is -4.06. The van der Waals surface area contributed by atoms with Gasteiger partial charge in [-0.05, 0) is 39.9 Å². The average Bonchev–Trinajstić information content (AvgIpc) is 3.32. The first kappa shape index (κ1) is 18.9. The number of alkyl carbamates (subject to hydrolysis) is 1. The summed E-state index contributed by atoms with van der Waals surface area (Å²) in [7, 11) is 0. The summed E-state index contributed by atoms with van der Waals surface area (Å²) < 4.78 is 5.52. The van der Waals surface area contributed by atoms with Crippen LogP contribution in [0.15, 0.2) is 77.6 Å². The molecule has 6 nitrogen and oxygen atoms in total. The lowest BCUT2D eigenvalue weighted by Crippen LogP contribution is -2.26. The molecule has 0 aliphatic heterocycles. The molecule has 0 bridgehead atoms. The van der Waals surface area contributed by atoms with Crippen LogP contribution in [0, 0.1) is 0 Å². The number of H-pyrrole nitrogens is 2. The van der Waals surface area contributed by atoms with Crippen LogP contribution in [0.1, 0.15) is 22.6 Å². The topological polar surface area (TPSA) is 87.0 Å². The molecule has 31 heavy (non-hydrogen) atoms. The monoisotopic (exact) mass is 411 g/mol. The third-order valence-electron chi connectivity index (χ3n) is 5.56. The van der Waals surface area contributed by atoms with Crippen molar-refractivity contribution in [1.82, 2.24) is 15.3 Å². The van der Waals surface area contributed by atoms with Crippen molar-refractivity contribution in [1.29, 1.82) is 0 Å². The Labute approximate surface area is 178 Å². The van der Waals surface area contributed by atoms with Gasteiger partial charge in [-0.2, -0.15) is 0 Å². The molecule has 0 unspecified atom stereocenters. The van der Waals surface area contributed by atoms with Gasteiger partial charge in [0.25, 0.3) is 0 Å². The number of carbonyl (C=O) groups excluding carboxylic acids is 1. The van der Waals surface area contributed by atoms with Crippen molar-refractivity contribution in [2.75, 3.05) is 13.2 Å². The molecule has 0 saturated heterocycles. The van der Waals surface area contributed by atoms with Gasteiger partial charge in [-0.3, -0.25) is 0 Å². The number of carbonyl (C=O) groups is 1. The summed E-state index contributed by atoms with van der Waals surface area (Å²) in [5, 5.41) is 2.75. The molecule has 4 aromatic rings. The zero-order chi connectivity index (χ0) is 21.2. The van der Waals surface area contributed by atoms with Crippen LogP contribution < -0.4 is 11.0 Å². The molecule has 1 aliphatic carbocycles. The van der Waals surface area contributed by atoms with Crippen LogP contribution in [0.25, 0.3) is 28.2 Å². The summed E-state index contributed by atoms with van der Waals surface area (Å²) in [6.07, 6.45) is 3.28. The molecule has 6 heteroatoms. The number of rotatable bonds is 5. The van der Waals surface area contributed by atoms with Crippen LogP contribution in [-0.2, 0) is 4.74 Å². The van der Waals surface area contributed by atoms with E-state index < -0.39 is 6.09 Å². The Kier molecular flexibility index (Phi) is 4.88. The van der Waals surface area contributed by atoms with Gasteiger partial charge in [0.1, 0.15) is 6.61 Å². The molecular formula is C25H21N3O3. The number of nitrogens with one attached hydrogen (secondary N) is 3. The summed E-state index contributed by atoms with van der Waals surface area (Å²) in [5.41, 5.74) is 7.00. The number of fused-ring (bicyclic) bond motifs is 4. The Bertz CT molecular complexity index is 1300. The van der Waals surface area contributed by atoms with E-state index in [0.717, 1.165) is 16.6 Å². The van der Waals surface area contributed by atoms with Crippen LogP contribution in [0.3, 0.4) is 0 Å². The predicted octanol–water partition coefficient (Wildman–Crippen LogP) is 4.41. The van der Waals surface area contributed by atoms with E-state index in [1.165, 1.54) is 22.3 Å². The number of imidazole rings is 1. The lowest BCUT2D eigenvalue weighted by molar-refractivity contribution is 0.144. The summed E-state index contributed by atoms with van der Waals surface area (Å²) in [6.45, 7) is 0.638. The van der Waals surface area contributed by atoms with Crippen LogP contribution in [-0.4, -0.2) is 29.2 Å². The molecule has 0 radical (unpaired) electrons. The second-order valence-electron chi connectivity index (χ2n) is 7.49. The molecular weight excluding hydrogens is 390 g/mol. The molecule has 3 aromatic carbocycles. The molecule has 0 saturated carbocycles. The van der Waals surface area contributed by atoms with Crippen molar-refractivity contribution in [3.63, 3.8) is 0 Å². The SMILES string of the molecule is O=C(NCC=Cc1ccc2[nH]c(=O)[nH]c2c1)OCC1c2ccccc2-c2ccccc21. The van der Waals surface area contributed by atoms with Crippen molar-refractivity contribution in [3.05, 3.63) is 100.0 Å². The van der Waals surface area contributed by atoms with Crippen LogP contribution >= 0.6 is 0 Å². The highest BCUT2D eigenvalue weighted by molar-refractivity contribution is 5.79. The fourth-order valence-electron chi connectivity index (χ4n) is 4.14. The number of amides is 1. The minimum Gasteiger partial charge on any atom is -0.449 e. The van der Waals surface area contributed by atoms with Crippen molar-refractivity contribution in [2.45, 2.75) is 5.92 Å². The van der Waals surface area contributed by atoms with E-state index in [2.05, 4.69) is 39.6 Å². The Morgan fingerprint density at radius 3 is 2.35 bits per heavy atom. The second-order valence-corrected chi connectivity index (χ2v) is 7.49. The average molecular weight is 411 g/mol. The third-order valence-corrected chi connectivity index (χ3v) is 5.56. The fourth-order valence-corrected chi connectivity index (χ4v) is 4.14. The fraction of sp³-hybridized carbons (Fsp3) is 0.120. The van der Waals surface area contributed by atoms with E-state index in [0.29, 0.717) is 13.2 Å². The van der Waals surface area contributed by atoms with Gasteiger partial charge in [0.05, 0.1) is 11.0 Å². The molecule has 3 N–H and O–H groups in total. The molecule has 0 atom stereocenters. The minimum absolute atomic E-state index is 0.0453. The van der Waals surface area contributed by atoms with Gasteiger partial charge in [0.2, 0.25) is 0 Å². The number of hydrogen-bond donors (Lipinski definition) is 3. The summed E-state index contributed by atoms with van der Waals surface area (Å²) >= 11 is 0. The maximum absolute atomic E-state index is 12.2. The highest BCUT2D eigenvalue weighted by Crippen LogP contribution is 2.44. The number of benzene rings is 3. The van der Waals surface area contributed by atoms with E-state index in [4.69, 9.17) is 4.74 Å². The predicted molar refractivity (Wildman–Crippen MR) is 121 cm³/mol. The quantitative estimate of drug-likeness (QED) is 0.455. The molecule has 1 aliphatic rings.